The zero-order valence-electron chi connectivity index (χ0n) is 9.79. The molecule has 1 fully saturated rings. The number of thiol groups is 1. The molecule has 3 N–H and O–H groups in total. The average Bonchev–Trinajstić information content (AvgIpc) is 2.94. The van der Waals surface area contributed by atoms with Gasteiger partial charge in [-0.25, -0.2) is 9.97 Å². The van der Waals surface area contributed by atoms with Crippen molar-refractivity contribution in [3.05, 3.63) is 18.6 Å². The molecule has 3 rings (SSSR count). The van der Waals surface area contributed by atoms with Gasteiger partial charge < -0.3 is 20.1 Å². The van der Waals surface area contributed by atoms with Gasteiger partial charge in [0, 0.05) is 11.1 Å². The van der Waals surface area contributed by atoms with Gasteiger partial charge in [0.05, 0.1) is 12.9 Å². The first kappa shape index (κ1) is 12.8. The van der Waals surface area contributed by atoms with Gasteiger partial charge in [-0.15, -0.1) is 12.6 Å². The minimum atomic E-state index is -1.15. The lowest BCUT2D eigenvalue weighted by Gasteiger charge is -2.16. The lowest BCUT2D eigenvalue weighted by molar-refractivity contribution is -0.0511. The summed E-state index contributed by atoms with van der Waals surface area (Å²) in [6.45, 7) is -0.368. The molecule has 3 heterocycles. The molecule has 0 amide bonds. The van der Waals surface area contributed by atoms with E-state index in [1.165, 1.54) is 10.9 Å². The van der Waals surface area contributed by atoms with Crippen molar-refractivity contribution in [2.24, 2.45) is 0 Å². The van der Waals surface area contributed by atoms with Crippen LogP contribution in [0.3, 0.4) is 0 Å². The molecule has 1 unspecified atom stereocenters. The average molecular weight is 283 g/mol. The molecule has 0 aliphatic carbocycles. The van der Waals surface area contributed by atoms with E-state index in [1.807, 2.05) is 0 Å². The molecule has 1 aliphatic heterocycles. The first-order valence-corrected chi connectivity index (χ1v) is 6.21. The molecule has 7 nitrogen and oxygen atoms in total. The fourth-order valence-corrected chi connectivity index (χ4v) is 2.44. The van der Waals surface area contributed by atoms with E-state index in [0.717, 1.165) is 0 Å². The Kier molecular flexibility index (Phi) is 3.19. The number of aliphatic hydroxyl groups is 3. The Morgan fingerprint density at radius 1 is 1.32 bits per heavy atom. The fraction of sp³-hybridized carbons (Fsp3) is 0.455. The zero-order chi connectivity index (χ0) is 13.6. The van der Waals surface area contributed by atoms with Crippen molar-refractivity contribution in [1.82, 2.24) is 14.5 Å². The maximum atomic E-state index is 9.98. The van der Waals surface area contributed by atoms with Crippen molar-refractivity contribution in [3.8, 4) is 0 Å². The molecular weight excluding hydrogens is 270 g/mol. The highest BCUT2D eigenvalue weighted by Crippen LogP contribution is 2.31. The largest absolute Gasteiger partial charge is 0.394 e. The Labute approximate surface area is 113 Å². The summed E-state index contributed by atoms with van der Waals surface area (Å²) in [5.74, 6) is 0. The second-order valence-corrected chi connectivity index (χ2v) is 4.86. The smallest absolute Gasteiger partial charge is 0.165 e. The van der Waals surface area contributed by atoms with Crippen LogP contribution in [0.15, 0.2) is 23.5 Å². The van der Waals surface area contributed by atoms with Crippen molar-refractivity contribution in [1.29, 1.82) is 0 Å². The van der Waals surface area contributed by atoms with Gasteiger partial charge >= 0.3 is 0 Å². The van der Waals surface area contributed by atoms with Crippen LogP contribution in [-0.2, 0) is 4.74 Å². The summed E-state index contributed by atoms with van der Waals surface area (Å²) in [5, 5.41) is 28.8. The number of nitrogens with zero attached hydrogens (tertiary/aromatic N) is 3. The molecule has 102 valence electrons. The highest BCUT2D eigenvalue weighted by Gasteiger charge is 2.43. The van der Waals surface area contributed by atoms with Crippen molar-refractivity contribution >= 4 is 23.8 Å². The number of rotatable bonds is 2. The van der Waals surface area contributed by atoms with Gasteiger partial charge in [0.1, 0.15) is 23.8 Å². The van der Waals surface area contributed by atoms with Gasteiger partial charge in [-0.05, 0) is 6.07 Å². The van der Waals surface area contributed by atoms with Crippen LogP contribution in [0.25, 0.3) is 11.2 Å². The van der Waals surface area contributed by atoms with Gasteiger partial charge in [0.15, 0.2) is 11.9 Å². The maximum absolute atomic E-state index is 9.98. The van der Waals surface area contributed by atoms with Gasteiger partial charge in [-0.2, -0.15) is 0 Å². The van der Waals surface area contributed by atoms with E-state index in [0.29, 0.717) is 16.1 Å². The van der Waals surface area contributed by atoms with Gasteiger partial charge in [-0.1, -0.05) is 0 Å². The fourth-order valence-electron chi connectivity index (χ4n) is 2.22. The quantitative estimate of drug-likeness (QED) is 0.546. The van der Waals surface area contributed by atoms with E-state index in [2.05, 4.69) is 22.6 Å². The summed E-state index contributed by atoms with van der Waals surface area (Å²) in [6.07, 6.45) is -0.912. The molecule has 4 atom stereocenters. The number of pyridine rings is 1. The Balaban J connectivity index is 2.04. The Bertz CT molecular complexity index is 605. The first-order valence-electron chi connectivity index (χ1n) is 5.76. The number of fused-ring (bicyclic) bond motifs is 1. The van der Waals surface area contributed by atoms with Crippen LogP contribution in [0.4, 0.5) is 0 Å². The monoisotopic (exact) mass is 283 g/mol. The number of aromatic nitrogens is 3. The molecule has 8 heteroatoms. The van der Waals surface area contributed by atoms with Gasteiger partial charge in [0.25, 0.3) is 0 Å². The van der Waals surface area contributed by atoms with Crippen LogP contribution in [0.5, 0.6) is 0 Å². The maximum Gasteiger partial charge on any atom is 0.165 e. The second kappa shape index (κ2) is 4.73. The molecular formula is C11H13N3O4S. The van der Waals surface area contributed by atoms with Crippen molar-refractivity contribution in [2.45, 2.75) is 29.4 Å². The van der Waals surface area contributed by atoms with E-state index in [-0.39, 0.29) is 6.61 Å². The minimum Gasteiger partial charge on any atom is -0.394 e. The number of hydrogen-bond donors (Lipinski definition) is 4. The summed E-state index contributed by atoms with van der Waals surface area (Å²) in [5.41, 5.74) is 1.09. The highest BCUT2D eigenvalue weighted by atomic mass is 32.1. The van der Waals surface area contributed by atoms with Crippen LogP contribution < -0.4 is 0 Å². The van der Waals surface area contributed by atoms with Crippen molar-refractivity contribution < 1.29 is 20.1 Å². The minimum absolute atomic E-state index is 0.368. The summed E-state index contributed by atoms with van der Waals surface area (Å²) < 4.78 is 6.96. The number of hydrogen-bond acceptors (Lipinski definition) is 7. The molecule has 0 saturated carbocycles. The number of aliphatic hydroxyl groups excluding tert-OH is 3. The highest BCUT2D eigenvalue weighted by molar-refractivity contribution is 7.80. The third-order valence-electron chi connectivity index (χ3n) is 3.23. The van der Waals surface area contributed by atoms with E-state index in [9.17, 15) is 10.2 Å². The third kappa shape index (κ3) is 1.92. The predicted octanol–water partition coefficient (Wildman–Crippen LogP) is -0.669. The lowest BCUT2D eigenvalue weighted by Crippen LogP contribution is -2.33. The molecule has 0 aromatic carbocycles. The molecule has 0 radical (unpaired) electrons. The van der Waals surface area contributed by atoms with Crippen LogP contribution in [0.2, 0.25) is 0 Å². The molecule has 0 spiro atoms. The molecule has 2 aromatic heterocycles. The predicted molar refractivity (Wildman–Crippen MR) is 67.8 cm³/mol. The van der Waals surface area contributed by atoms with Crippen LogP contribution in [0.1, 0.15) is 6.23 Å². The van der Waals surface area contributed by atoms with E-state index >= 15 is 0 Å². The standard InChI is InChI=1S/C11H13N3O4S/c15-3-5-8(16)9(17)11(18-5)14-4-13-7-6(19)1-2-12-10(7)14/h1-2,4-5,8-9,11,15-17H,3H2,(H,12,19)/t5-,8?,9+,11-/m1/s1. The molecule has 1 saturated heterocycles. The van der Waals surface area contributed by atoms with E-state index in [1.54, 1.807) is 12.3 Å². The van der Waals surface area contributed by atoms with E-state index < -0.39 is 24.5 Å². The lowest BCUT2D eigenvalue weighted by atomic mass is 10.1. The number of ether oxygens (including phenoxy) is 1. The molecule has 2 aromatic rings. The van der Waals surface area contributed by atoms with E-state index in [4.69, 9.17) is 9.84 Å². The Morgan fingerprint density at radius 3 is 2.79 bits per heavy atom. The SMILES string of the molecule is OC[C@H]1O[C@@H](n2cnc3c(S)ccnc32)[C@@H](O)C1O. The molecule has 1 aliphatic rings. The van der Waals surface area contributed by atoms with Gasteiger partial charge in [0.2, 0.25) is 0 Å². The summed E-state index contributed by atoms with van der Waals surface area (Å²) in [6, 6.07) is 1.71. The normalized spacial score (nSPS) is 31.2. The van der Waals surface area contributed by atoms with Crippen LogP contribution in [0, 0.1) is 0 Å². The van der Waals surface area contributed by atoms with Crippen molar-refractivity contribution in [3.63, 3.8) is 0 Å². The van der Waals surface area contributed by atoms with Crippen LogP contribution >= 0.6 is 12.6 Å². The van der Waals surface area contributed by atoms with Crippen LogP contribution in [-0.4, -0.2) is 54.8 Å². The zero-order valence-corrected chi connectivity index (χ0v) is 10.7. The summed E-state index contributed by atoms with van der Waals surface area (Å²) in [4.78, 5) is 9.00. The Hall–Kier alpha value is -1.19. The van der Waals surface area contributed by atoms with Gasteiger partial charge in [-0.3, -0.25) is 4.57 Å². The number of imidazole rings is 1. The topological polar surface area (TPSA) is 101 Å². The Morgan fingerprint density at radius 2 is 2.11 bits per heavy atom. The summed E-state index contributed by atoms with van der Waals surface area (Å²) in [7, 11) is 0. The molecule has 0 bridgehead atoms. The third-order valence-corrected chi connectivity index (χ3v) is 3.59. The first-order chi connectivity index (χ1) is 9.13. The van der Waals surface area contributed by atoms with Crippen molar-refractivity contribution in [2.75, 3.05) is 6.61 Å². The molecule has 19 heavy (non-hydrogen) atoms. The second-order valence-electron chi connectivity index (χ2n) is 4.38. The summed E-state index contributed by atoms with van der Waals surface area (Å²) >= 11 is 4.27.